The molecule has 0 saturated heterocycles. The van der Waals surface area contributed by atoms with Crippen molar-refractivity contribution in [2.75, 3.05) is 0 Å². The molecule has 1 aromatic heterocycles. The number of nitrogens with zero attached hydrogens (tertiary/aromatic N) is 1. The van der Waals surface area contributed by atoms with Crippen LogP contribution in [0.4, 0.5) is 0 Å². The van der Waals surface area contributed by atoms with Gasteiger partial charge in [0.1, 0.15) is 0 Å². The van der Waals surface area contributed by atoms with Gasteiger partial charge in [-0.15, -0.1) is 0 Å². The van der Waals surface area contributed by atoms with Gasteiger partial charge in [0.2, 0.25) is 0 Å². The highest BCUT2D eigenvalue weighted by Crippen LogP contribution is 2.19. The minimum Gasteiger partial charge on any atom is -0.358 e. The van der Waals surface area contributed by atoms with Gasteiger partial charge in [0.25, 0.3) is 5.91 Å². The zero-order valence-electron chi connectivity index (χ0n) is 11.9. The lowest BCUT2D eigenvalue weighted by molar-refractivity contribution is 0.0955. The van der Waals surface area contributed by atoms with Crippen molar-refractivity contribution in [1.29, 1.82) is 0 Å². The number of halogens is 1. The number of H-pyrrole nitrogens is 1. The van der Waals surface area contributed by atoms with E-state index in [0.717, 1.165) is 26.6 Å². The van der Waals surface area contributed by atoms with Gasteiger partial charge in [0, 0.05) is 32.2 Å². The second kappa shape index (κ2) is 6.15. The average Bonchev–Trinajstić information content (AvgIpc) is 2.84. The summed E-state index contributed by atoms with van der Waals surface area (Å²) in [6, 6.07) is 15.1. The Kier molecular flexibility index (Phi) is 4.06. The molecule has 2 aromatic carbocycles. The van der Waals surface area contributed by atoms with E-state index in [1.165, 1.54) is 0 Å². The number of carbonyl (C=O) groups excluding carboxylic acids is 1. The van der Waals surface area contributed by atoms with Crippen LogP contribution in [-0.4, -0.2) is 17.1 Å². The molecule has 22 heavy (non-hydrogen) atoms. The van der Waals surface area contributed by atoms with Gasteiger partial charge in [-0.25, -0.2) is 5.43 Å². The zero-order chi connectivity index (χ0) is 15.5. The van der Waals surface area contributed by atoms with Gasteiger partial charge in [-0.2, -0.15) is 5.10 Å². The van der Waals surface area contributed by atoms with Crippen LogP contribution in [-0.2, 0) is 0 Å². The summed E-state index contributed by atoms with van der Waals surface area (Å²) in [7, 11) is 0. The molecule has 0 bridgehead atoms. The van der Waals surface area contributed by atoms with Crippen molar-refractivity contribution in [2.24, 2.45) is 5.10 Å². The molecule has 3 aromatic rings. The number of aryl methyl sites for hydroxylation is 1. The fraction of sp³-hybridized carbons (Fsp3) is 0.0588. The largest absolute Gasteiger partial charge is 0.358 e. The first-order valence-corrected chi connectivity index (χ1v) is 7.61. The molecule has 1 heterocycles. The first kappa shape index (κ1) is 14.5. The second-order valence-electron chi connectivity index (χ2n) is 4.92. The van der Waals surface area contributed by atoms with E-state index in [2.05, 4.69) is 31.4 Å². The van der Waals surface area contributed by atoms with Crippen molar-refractivity contribution >= 4 is 39.0 Å². The summed E-state index contributed by atoms with van der Waals surface area (Å²) >= 11 is 3.34. The molecule has 3 rings (SSSR count). The Labute approximate surface area is 136 Å². The van der Waals surface area contributed by atoms with E-state index in [-0.39, 0.29) is 5.91 Å². The quantitative estimate of drug-likeness (QED) is 0.541. The Morgan fingerprint density at radius 1 is 1.18 bits per heavy atom. The summed E-state index contributed by atoms with van der Waals surface area (Å²) in [5.74, 6) is -0.235. The van der Waals surface area contributed by atoms with Gasteiger partial charge in [0.15, 0.2) is 0 Å². The zero-order valence-corrected chi connectivity index (χ0v) is 13.5. The number of hydrogen-bond donors (Lipinski definition) is 2. The number of benzene rings is 2. The molecule has 0 aliphatic heterocycles. The molecule has 0 spiro atoms. The van der Waals surface area contributed by atoms with Crippen LogP contribution in [0.2, 0.25) is 0 Å². The normalized spacial score (nSPS) is 11.2. The lowest BCUT2D eigenvalue weighted by atomic mass is 10.1. The van der Waals surface area contributed by atoms with E-state index in [4.69, 9.17) is 0 Å². The fourth-order valence-corrected chi connectivity index (χ4v) is 2.55. The van der Waals surface area contributed by atoms with Crippen molar-refractivity contribution in [1.82, 2.24) is 10.4 Å². The van der Waals surface area contributed by atoms with E-state index in [1.807, 2.05) is 43.3 Å². The van der Waals surface area contributed by atoms with Crippen LogP contribution in [0.3, 0.4) is 0 Å². The molecule has 0 saturated carbocycles. The van der Waals surface area contributed by atoms with E-state index in [9.17, 15) is 4.79 Å². The third-order valence-corrected chi connectivity index (χ3v) is 3.94. The van der Waals surface area contributed by atoms with Gasteiger partial charge in [0.05, 0.1) is 6.21 Å². The molecule has 2 N–H and O–H groups in total. The lowest BCUT2D eigenvalue weighted by Gasteiger charge is -2.00. The summed E-state index contributed by atoms with van der Waals surface area (Å²) < 4.78 is 0.932. The van der Waals surface area contributed by atoms with Crippen LogP contribution in [0.1, 0.15) is 21.6 Å². The molecule has 0 atom stereocenters. The first-order chi connectivity index (χ1) is 10.6. The highest BCUT2D eigenvalue weighted by atomic mass is 79.9. The third kappa shape index (κ3) is 2.94. The number of hydrazone groups is 1. The van der Waals surface area contributed by atoms with Crippen molar-refractivity contribution in [3.63, 3.8) is 0 Å². The number of nitrogens with one attached hydrogen (secondary N) is 2. The van der Waals surface area contributed by atoms with Crippen LogP contribution in [0.25, 0.3) is 10.9 Å². The van der Waals surface area contributed by atoms with Gasteiger partial charge in [-0.3, -0.25) is 4.79 Å². The second-order valence-corrected chi connectivity index (χ2v) is 5.83. The molecule has 0 fully saturated rings. The number of fused-ring (bicyclic) bond motifs is 1. The van der Waals surface area contributed by atoms with Gasteiger partial charge >= 0.3 is 0 Å². The Bertz CT molecular complexity index is 850. The van der Waals surface area contributed by atoms with E-state index < -0.39 is 0 Å². The molecule has 1 amide bonds. The van der Waals surface area contributed by atoms with E-state index in [0.29, 0.717) is 5.56 Å². The summed E-state index contributed by atoms with van der Waals surface area (Å²) in [6.07, 6.45) is 1.67. The van der Waals surface area contributed by atoms with Gasteiger partial charge < -0.3 is 4.98 Å². The van der Waals surface area contributed by atoms with Crippen LogP contribution in [0.15, 0.2) is 58.1 Å². The minimum absolute atomic E-state index is 0.235. The molecular weight excluding hydrogens is 342 g/mol. The first-order valence-electron chi connectivity index (χ1n) is 6.81. The molecular formula is C17H14BrN3O. The monoisotopic (exact) mass is 355 g/mol. The van der Waals surface area contributed by atoms with E-state index in [1.54, 1.807) is 18.3 Å². The predicted molar refractivity (Wildman–Crippen MR) is 92.2 cm³/mol. The maximum Gasteiger partial charge on any atom is 0.271 e. The third-order valence-electron chi connectivity index (χ3n) is 3.41. The Balaban J connectivity index is 1.77. The Morgan fingerprint density at radius 3 is 2.68 bits per heavy atom. The molecule has 5 heteroatoms. The molecule has 0 aliphatic rings. The summed E-state index contributed by atoms with van der Waals surface area (Å²) in [5.41, 5.74) is 6.17. The number of rotatable bonds is 3. The maximum atomic E-state index is 12.0. The van der Waals surface area contributed by atoms with Crippen LogP contribution in [0.5, 0.6) is 0 Å². The van der Waals surface area contributed by atoms with Crippen molar-refractivity contribution in [2.45, 2.75) is 6.92 Å². The number of aromatic nitrogens is 1. The highest BCUT2D eigenvalue weighted by Gasteiger charge is 2.06. The summed E-state index contributed by atoms with van der Waals surface area (Å²) in [6.45, 7) is 1.98. The average molecular weight is 356 g/mol. The number of para-hydroxylation sites is 1. The Hall–Kier alpha value is -2.40. The van der Waals surface area contributed by atoms with Gasteiger partial charge in [-0.1, -0.05) is 34.1 Å². The van der Waals surface area contributed by atoms with Crippen molar-refractivity contribution < 1.29 is 4.79 Å². The SMILES string of the molecule is Cc1[nH]c2ccccc2c1C=NNC(=O)c1ccc(Br)cc1. The van der Waals surface area contributed by atoms with Crippen LogP contribution in [0, 0.1) is 6.92 Å². The molecule has 0 radical (unpaired) electrons. The summed E-state index contributed by atoms with van der Waals surface area (Å²) in [5, 5.41) is 5.15. The van der Waals surface area contributed by atoms with Crippen molar-refractivity contribution in [3.05, 3.63) is 69.8 Å². The smallest absolute Gasteiger partial charge is 0.271 e. The number of aromatic amines is 1. The fourth-order valence-electron chi connectivity index (χ4n) is 2.29. The van der Waals surface area contributed by atoms with Crippen molar-refractivity contribution in [3.8, 4) is 0 Å². The van der Waals surface area contributed by atoms with Gasteiger partial charge in [-0.05, 0) is 37.3 Å². The molecule has 0 aliphatic carbocycles. The molecule has 0 unspecified atom stereocenters. The van der Waals surface area contributed by atoms with Crippen LogP contribution < -0.4 is 5.43 Å². The number of amides is 1. The minimum atomic E-state index is -0.235. The highest BCUT2D eigenvalue weighted by molar-refractivity contribution is 9.10. The molecule has 4 nitrogen and oxygen atoms in total. The number of carbonyl (C=O) groups is 1. The van der Waals surface area contributed by atoms with Crippen LogP contribution >= 0.6 is 15.9 Å². The maximum absolute atomic E-state index is 12.0. The Morgan fingerprint density at radius 2 is 1.91 bits per heavy atom. The number of hydrogen-bond acceptors (Lipinski definition) is 2. The molecule has 110 valence electrons. The summed E-state index contributed by atoms with van der Waals surface area (Å²) in [4.78, 5) is 15.3. The lowest BCUT2D eigenvalue weighted by Crippen LogP contribution is -2.17. The topological polar surface area (TPSA) is 57.2 Å². The van der Waals surface area contributed by atoms with E-state index >= 15 is 0 Å². The standard InChI is InChI=1S/C17H14BrN3O/c1-11-15(14-4-2-3-5-16(14)20-11)10-19-21-17(22)12-6-8-13(18)9-7-12/h2-10,20H,1H3,(H,21,22). The predicted octanol–water partition coefficient (Wildman–Crippen LogP) is 4.00.